The molecule has 1 heterocycles. The van der Waals surface area contributed by atoms with Crippen LogP contribution in [0.5, 0.6) is 0 Å². The Labute approximate surface area is 165 Å². The Balaban J connectivity index is 1.73. The van der Waals surface area contributed by atoms with Crippen molar-refractivity contribution >= 4 is 38.9 Å². The number of thiophene rings is 1. The first kappa shape index (κ1) is 19.6. The standard InChI is InChI=1S/C19H16N2O5S2/c20-18(22)14-9-7-13(8-10-14)12-26-19(23)15-4-1-2-5-16(15)21-28(24,25)17-6-3-11-27-17/h1-11,21H,12H2,(H2,20,22). The number of nitrogens with two attached hydrogens (primary N) is 1. The Kier molecular flexibility index (Phi) is 5.76. The highest BCUT2D eigenvalue weighted by Crippen LogP contribution is 2.23. The van der Waals surface area contributed by atoms with Crippen LogP contribution < -0.4 is 10.5 Å². The number of amides is 1. The summed E-state index contributed by atoms with van der Waals surface area (Å²) in [6.07, 6.45) is 0. The quantitative estimate of drug-likeness (QED) is 0.575. The molecule has 0 saturated heterocycles. The Bertz CT molecular complexity index is 1090. The molecule has 3 rings (SSSR count). The lowest BCUT2D eigenvalue weighted by Crippen LogP contribution is -2.15. The van der Waals surface area contributed by atoms with E-state index in [1.165, 1.54) is 30.3 Å². The Morgan fingerprint density at radius 2 is 1.71 bits per heavy atom. The molecule has 1 aromatic heterocycles. The van der Waals surface area contributed by atoms with Gasteiger partial charge in [0.1, 0.15) is 10.8 Å². The smallest absolute Gasteiger partial charge is 0.340 e. The molecule has 0 aliphatic rings. The first-order valence-electron chi connectivity index (χ1n) is 8.08. The molecule has 0 atom stereocenters. The van der Waals surface area contributed by atoms with Crippen molar-refractivity contribution in [1.29, 1.82) is 0 Å². The number of hydrogen-bond acceptors (Lipinski definition) is 6. The number of anilines is 1. The van der Waals surface area contributed by atoms with Crippen molar-refractivity contribution in [1.82, 2.24) is 0 Å². The van der Waals surface area contributed by atoms with Crippen LogP contribution in [0.4, 0.5) is 5.69 Å². The molecule has 1 amide bonds. The predicted molar refractivity (Wildman–Crippen MR) is 106 cm³/mol. The van der Waals surface area contributed by atoms with E-state index in [2.05, 4.69) is 4.72 Å². The molecule has 0 fully saturated rings. The minimum atomic E-state index is -3.79. The first-order chi connectivity index (χ1) is 13.4. The molecule has 9 heteroatoms. The lowest BCUT2D eigenvalue weighted by Gasteiger charge is -2.11. The van der Waals surface area contributed by atoms with E-state index in [-0.39, 0.29) is 22.1 Å². The number of rotatable bonds is 7. The fourth-order valence-corrected chi connectivity index (χ4v) is 4.43. The van der Waals surface area contributed by atoms with Crippen molar-refractivity contribution in [2.45, 2.75) is 10.8 Å². The molecule has 2 aromatic carbocycles. The van der Waals surface area contributed by atoms with Crippen molar-refractivity contribution in [3.05, 3.63) is 82.7 Å². The SMILES string of the molecule is NC(=O)c1ccc(COC(=O)c2ccccc2NS(=O)(=O)c2cccs2)cc1. The van der Waals surface area contributed by atoms with Crippen LogP contribution >= 0.6 is 11.3 Å². The second-order valence-electron chi connectivity index (χ2n) is 5.72. The van der Waals surface area contributed by atoms with Crippen LogP contribution in [0.1, 0.15) is 26.3 Å². The van der Waals surface area contributed by atoms with Crippen LogP contribution in [0, 0.1) is 0 Å². The van der Waals surface area contributed by atoms with E-state index in [1.54, 1.807) is 35.7 Å². The van der Waals surface area contributed by atoms with Gasteiger partial charge in [-0.1, -0.05) is 30.3 Å². The van der Waals surface area contributed by atoms with Gasteiger partial charge in [0.2, 0.25) is 5.91 Å². The highest BCUT2D eigenvalue weighted by Gasteiger charge is 2.20. The van der Waals surface area contributed by atoms with E-state index in [0.29, 0.717) is 11.1 Å². The van der Waals surface area contributed by atoms with Crippen molar-refractivity contribution in [2.75, 3.05) is 4.72 Å². The number of carbonyl (C=O) groups is 2. The normalized spacial score (nSPS) is 11.0. The fourth-order valence-electron chi connectivity index (χ4n) is 2.35. The Hall–Kier alpha value is -3.17. The van der Waals surface area contributed by atoms with Gasteiger partial charge in [-0.2, -0.15) is 0 Å². The van der Waals surface area contributed by atoms with Gasteiger partial charge in [-0.25, -0.2) is 13.2 Å². The second-order valence-corrected chi connectivity index (χ2v) is 8.58. The van der Waals surface area contributed by atoms with E-state index < -0.39 is 21.9 Å². The van der Waals surface area contributed by atoms with Crippen LogP contribution in [-0.4, -0.2) is 20.3 Å². The minimum absolute atomic E-state index is 0.0378. The fraction of sp³-hybridized carbons (Fsp3) is 0.0526. The highest BCUT2D eigenvalue weighted by atomic mass is 32.2. The molecule has 3 aromatic rings. The van der Waals surface area contributed by atoms with E-state index in [9.17, 15) is 18.0 Å². The predicted octanol–water partition coefficient (Wildman–Crippen LogP) is 3.00. The van der Waals surface area contributed by atoms with Crippen LogP contribution in [0.25, 0.3) is 0 Å². The third-order valence-corrected chi connectivity index (χ3v) is 6.52. The van der Waals surface area contributed by atoms with Gasteiger partial charge in [-0.15, -0.1) is 11.3 Å². The van der Waals surface area contributed by atoms with Gasteiger partial charge in [0.25, 0.3) is 10.0 Å². The minimum Gasteiger partial charge on any atom is -0.457 e. The maximum absolute atomic E-state index is 12.5. The maximum Gasteiger partial charge on any atom is 0.340 e. The van der Waals surface area contributed by atoms with Gasteiger partial charge < -0.3 is 10.5 Å². The zero-order chi connectivity index (χ0) is 20.1. The molecular weight excluding hydrogens is 400 g/mol. The van der Waals surface area contributed by atoms with E-state index in [1.807, 2.05) is 0 Å². The summed E-state index contributed by atoms with van der Waals surface area (Å²) in [6.45, 7) is -0.0378. The van der Waals surface area contributed by atoms with Crippen LogP contribution in [0.3, 0.4) is 0 Å². The summed E-state index contributed by atoms with van der Waals surface area (Å²) >= 11 is 1.07. The largest absolute Gasteiger partial charge is 0.457 e. The van der Waals surface area contributed by atoms with Gasteiger partial charge in [0.15, 0.2) is 0 Å². The number of para-hydroxylation sites is 1. The summed E-state index contributed by atoms with van der Waals surface area (Å²) in [4.78, 5) is 23.5. The topological polar surface area (TPSA) is 116 Å². The number of sulfonamides is 1. The third-order valence-electron chi connectivity index (χ3n) is 3.76. The monoisotopic (exact) mass is 416 g/mol. The lowest BCUT2D eigenvalue weighted by atomic mass is 10.1. The summed E-state index contributed by atoms with van der Waals surface area (Å²) < 4.78 is 32.7. The zero-order valence-electron chi connectivity index (χ0n) is 14.5. The number of ether oxygens (including phenoxy) is 1. The van der Waals surface area contributed by atoms with Crippen LogP contribution in [-0.2, 0) is 21.4 Å². The molecule has 0 saturated carbocycles. The van der Waals surface area contributed by atoms with Gasteiger partial charge >= 0.3 is 5.97 Å². The summed E-state index contributed by atoms with van der Waals surface area (Å²) in [5.41, 5.74) is 6.42. The number of carbonyl (C=O) groups excluding carboxylic acids is 2. The molecule has 0 bridgehead atoms. The van der Waals surface area contributed by atoms with Gasteiger partial charge in [0, 0.05) is 5.56 Å². The number of primary amides is 1. The maximum atomic E-state index is 12.5. The van der Waals surface area contributed by atoms with Gasteiger partial charge in [-0.3, -0.25) is 9.52 Å². The molecule has 0 aliphatic carbocycles. The van der Waals surface area contributed by atoms with Crippen molar-refractivity contribution in [3.63, 3.8) is 0 Å². The van der Waals surface area contributed by atoms with Crippen LogP contribution in [0.2, 0.25) is 0 Å². The second kappa shape index (κ2) is 8.24. The van der Waals surface area contributed by atoms with Gasteiger partial charge in [-0.05, 0) is 41.3 Å². The lowest BCUT2D eigenvalue weighted by molar-refractivity contribution is 0.0473. The number of benzene rings is 2. The van der Waals surface area contributed by atoms with E-state index in [4.69, 9.17) is 10.5 Å². The van der Waals surface area contributed by atoms with Crippen LogP contribution in [0.15, 0.2) is 70.3 Å². The summed E-state index contributed by atoms with van der Waals surface area (Å²) in [5.74, 6) is -1.22. The third kappa shape index (κ3) is 4.56. The summed E-state index contributed by atoms with van der Waals surface area (Å²) in [7, 11) is -3.79. The van der Waals surface area contributed by atoms with Crippen molar-refractivity contribution in [2.24, 2.45) is 5.73 Å². The Morgan fingerprint density at radius 3 is 2.36 bits per heavy atom. The molecular formula is C19H16N2O5S2. The average Bonchev–Trinajstić information content (AvgIpc) is 3.22. The van der Waals surface area contributed by atoms with E-state index in [0.717, 1.165) is 11.3 Å². The highest BCUT2D eigenvalue weighted by molar-refractivity contribution is 7.94. The number of hydrogen-bond donors (Lipinski definition) is 2. The number of esters is 1. The number of nitrogens with one attached hydrogen (secondary N) is 1. The van der Waals surface area contributed by atoms with E-state index >= 15 is 0 Å². The molecule has 0 aliphatic heterocycles. The van der Waals surface area contributed by atoms with Crippen molar-refractivity contribution in [3.8, 4) is 0 Å². The molecule has 3 N–H and O–H groups in total. The zero-order valence-corrected chi connectivity index (χ0v) is 16.1. The molecule has 0 radical (unpaired) electrons. The molecule has 28 heavy (non-hydrogen) atoms. The average molecular weight is 416 g/mol. The molecule has 144 valence electrons. The summed E-state index contributed by atoms with van der Waals surface area (Å²) in [6, 6.07) is 15.6. The summed E-state index contributed by atoms with van der Waals surface area (Å²) in [5, 5.41) is 1.65. The first-order valence-corrected chi connectivity index (χ1v) is 10.4. The van der Waals surface area contributed by atoms with Gasteiger partial charge in [0.05, 0.1) is 11.3 Å². The van der Waals surface area contributed by atoms with Crippen molar-refractivity contribution < 1.29 is 22.7 Å². The molecule has 7 nitrogen and oxygen atoms in total. The molecule has 0 unspecified atom stereocenters. The molecule has 0 spiro atoms. The Morgan fingerprint density at radius 1 is 1.00 bits per heavy atom.